The van der Waals surface area contributed by atoms with Crippen LogP contribution >= 0.6 is 0 Å². The molecule has 0 atom stereocenters. The van der Waals surface area contributed by atoms with Crippen LogP contribution in [0.4, 0.5) is 17.6 Å². The van der Waals surface area contributed by atoms with Crippen LogP contribution in [0.1, 0.15) is 24.0 Å². The highest BCUT2D eigenvalue weighted by molar-refractivity contribution is 6.02. The van der Waals surface area contributed by atoms with Crippen LogP contribution in [-0.2, 0) is 6.18 Å². The molecule has 0 spiro atoms. The third-order valence-corrected chi connectivity index (χ3v) is 2.47. The highest BCUT2D eigenvalue weighted by atomic mass is 19.4. The predicted octanol–water partition coefficient (Wildman–Crippen LogP) is 3.43. The van der Waals surface area contributed by atoms with E-state index in [0.717, 1.165) is 18.6 Å². The molecule has 0 aromatic heterocycles. The molecule has 1 nitrogen and oxygen atoms in total. The van der Waals surface area contributed by atoms with Crippen molar-refractivity contribution in [3.05, 3.63) is 35.1 Å². The van der Waals surface area contributed by atoms with Gasteiger partial charge in [0.2, 0.25) is 0 Å². The molecule has 5 heteroatoms. The van der Waals surface area contributed by atoms with Crippen LogP contribution in [0.15, 0.2) is 23.2 Å². The fourth-order valence-corrected chi connectivity index (χ4v) is 1.76. The van der Waals surface area contributed by atoms with Gasteiger partial charge in [0, 0.05) is 17.8 Å². The van der Waals surface area contributed by atoms with Crippen molar-refractivity contribution in [2.45, 2.75) is 19.0 Å². The lowest BCUT2D eigenvalue weighted by Crippen LogP contribution is -2.13. The molecule has 1 aliphatic rings. The van der Waals surface area contributed by atoms with Gasteiger partial charge >= 0.3 is 6.18 Å². The zero-order valence-electron chi connectivity index (χ0n) is 8.31. The minimum absolute atomic E-state index is 0.00593. The lowest BCUT2D eigenvalue weighted by molar-refractivity contribution is -0.137. The van der Waals surface area contributed by atoms with Gasteiger partial charge in [0.25, 0.3) is 0 Å². The summed E-state index contributed by atoms with van der Waals surface area (Å²) in [6.07, 6.45) is -3.26. The van der Waals surface area contributed by atoms with Crippen molar-refractivity contribution in [2.24, 2.45) is 4.99 Å². The van der Waals surface area contributed by atoms with Gasteiger partial charge in [-0.1, -0.05) is 0 Å². The molecule has 0 bridgehead atoms. The van der Waals surface area contributed by atoms with E-state index in [1.54, 1.807) is 0 Å². The van der Waals surface area contributed by atoms with Gasteiger partial charge in [-0.3, -0.25) is 4.99 Å². The maximum Gasteiger partial charge on any atom is 0.417 e. The molecule has 2 rings (SSSR count). The van der Waals surface area contributed by atoms with E-state index in [1.807, 2.05) is 0 Å². The standard InChI is InChI=1S/C11H9F4N/c12-7-3-4-8(10-2-1-5-16-10)9(6-7)11(13,14)15/h3-4,6H,1-2,5H2. The van der Waals surface area contributed by atoms with Crippen molar-refractivity contribution in [3.63, 3.8) is 0 Å². The van der Waals surface area contributed by atoms with Gasteiger partial charge in [0.05, 0.1) is 5.56 Å². The average molecular weight is 231 g/mol. The summed E-state index contributed by atoms with van der Waals surface area (Å²) in [6.45, 7) is 0.546. The zero-order chi connectivity index (χ0) is 11.8. The van der Waals surface area contributed by atoms with Crippen LogP contribution in [0.25, 0.3) is 0 Å². The number of benzene rings is 1. The largest absolute Gasteiger partial charge is 0.417 e. The van der Waals surface area contributed by atoms with Crippen molar-refractivity contribution in [1.82, 2.24) is 0 Å². The Balaban J connectivity index is 2.52. The molecule has 86 valence electrons. The summed E-state index contributed by atoms with van der Waals surface area (Å²) in [5, 5.41) is 0. The van der Waals surface area contributed by atoms with Gasteiger partial charge in [-0.05, 0) is 31.0 Å². The van der Waals surface area contributed by atoms with E-state index in [0.29, 0.717) is 24.7 Å². The van der Waals surface area contributed by atoms with Crippen molar-refractivity contribution in [1.29, 1.82) is 0 Å². The van der Waals surface area contributed by atoms with Crippen LogP contribution < -0.4 is 0 Å². The molecule has 0 saturated heterocycles. The molecule has 0 saturated carbocycles. The van der Waals surface area contributed by atoms with Gasteiger partial charge in [-0.15, -0.1) is 0 Å². The first kappa shape index (κ1) is 11.1. The third kappa shape index (κ3) is 2.08. The number of halogens is 4. The maximum absolute atomic E-state index is 12.8. The van der Waals surface area contributed by atoms with Gasteiger partial charge in [0.1, 0.15) is 5.82 Å². The first-order chi connectivity index (χ1) is 7.48. The number of hydrogen-bond donors (Lipinski definition) is 0. The Morgan fingerprint density at radius 1 is 1.19 bits per heavy atom. The molecule has 16 heavy (non-hydrogen) atoms. The number of nitrogens with zero attached hydrogens (tertiary/aromatic N) is 1. The first-order valence-electron chi connectivity index (χ1n) is 4.89. The van der Waals surface area contributed by atoms with E-state index in [4.69, 9.17) is 0 Å². The molecule has 0 amide bonds. The van der Waals surface area contributed by atoms with Crippen molar-refractivity contribution in [3.8, 4) is 0 Å². The van der Waals surface area contributed by atoms with E-state index in [-0.39, 0.29) is 5.56 Å². The average Bonchev–Trinajstić information content (AvgIpc) is 2.69. The Kier molecular flexibility index (Phi) is 2.69. The SMILES string of the molecule is Fc1ccc(C2=NCCC2)c(C(F)(F)F)c1. The zero-order valence-corrected chi connectivity index (χ0v) is 8.31. The number of rotatable bonds is 1. The second kappa shape index (κ2) is 3.88. The summed E-state index contributed by atoms with van der Waals surface area (Å²) in [6, 6.07) is 2.71. The molecule has 1 aliphatic heterocycles. The highest BCUT2D eigenvalue weighted by Gasteiger charge is 2.35. The van der Waals surface area contributed by atoms with Crippen LogP contribution in [0, 0.1) is 5.82 Å². The van der Waals surface area contributed by atoms with Gasteiger partial charge in [-0.25, -0.2) is 4.39 Å². The third-order valence-electron chi connectivity index (χ3n) is 2.47. The lowest BCUT2D eigenvalue weighted by atomic mass is 10.0. The molecule has 0 radical (unpaired) electrons. The smallest absolute Gasteiger partial charge is 0.289 e. The number of hydrogen-bond acceptors (Lipinski definition) is 1. The van der Waals surface area contributed by atoms with E-state index in [2.05, 4.69) is 4.99 Å². The predicted molar refractivity (Wildman–Crippen MR) is 52.0 cm³/mol. The molecule has 0 N–H and O–H groups in total. The lowest BCUT2D eigenvalue weighted by Gasteiger charge is -2.12. The van der Waals surface area contributed by atoms with E-state index < -0.39 is 17.6 Å². The summed E-state index contributed by atoms with van der Waals surface area (Å²) in [5.41, 5.74) is -0.508. The Morgan fingerprint density at radius 2 is 1.94 bits per heavy atom. The molecule has 1 aromatic rings. The Labute approximate surface area is 89.8 Å². The van der Waals surface area contributed by atoms with Crippen LogP contribution in [0.3, 0.4) is 0 Å². The summed E-state index contributed by atoms with van der Waals surface area (Å²) >= 11 is 0. The van der Waals surface area contributed by atoms with Gasteiger partial charge < -0.3 is 0 Å². The summed E-state index contributed by atoms with van der Waals surface area (Å²) in [4.78, 5) is 4.00. The maximum atomic E-state index is 12.8. The molecule has 1 aromatic carbocycles. The van der Waals surface area contributed by atoms with Crippen molar-refractivity contribution >= 4 is 5.71 Å². The monoisotopic (exact) mass is 231 g/mol. The topological polar surface area (TPSA) is 12.4 Å². The minimum Gasteiger partial charge on any atom is -0.289 e. The van der Waals surface area contributed by atoms with Gasteiger partial charge in [0.15, 0.2) is 0 Å². The van der Waals surface area contributed by atoms with E-state index >= 15 is 0 Å². The number of alkyl halides is 3. The fraction of sp³-hybridized carbons (Fsp3) is 0.364. The second-order valence-electron chi connectivity index (χ2n) is 3.62. The minimum atomic E-state index is -4.54. The molecule has 0 unspecified atom stereocenters. The number of aliphatic imine (C=N–C) groups is 1. The first-order valence-corrected chi connectivity index (χ1v) is 4.89. The molecular formula is C11H9F4N. The highest BCUT2D eigenvalue weighted by Crippen LogP contribution is 2.34. The summed E-state index contributed by atoms with van der Waals surface area (Å²) < 4.78 is 50.8. The Morgan fingerprint density at radius 3 is 2.50 bits per heavy atom. The van der Waals surface area contributed by atoms with Crippen LogP contribution in [-0.4, -0.2) is 12.3 Å². The molecule has 0 aliphatic carbocycles. The van der Waals surface area contributed by atoms with Crippen molar-refractivity contribution in [2.75, 3.05) is 6.54 Å². The summed E-state index contributed by atoms with van der Waals surface area (Å²) in [5.74, 6) is -0.880. The molecule has 0 fully saturated rings. The molecular weight excluding hydrogens is 222 g/mol. The quantitative estimate of drug-likeness (QED) is 0.656. The summed E-state index contributed by atoms with van der Waals surface area (Å²) in [7, 11) is 0. The van der Waals surface area contributed by atoms with E-state index in [1.165, 1.54) is 0 Å². The second-order valence-corrected chi connectivity index (χ2v) is 3.62. The Hall–Kier alpha value is -1.39. The van der Waals surface area contributed by atoms with Gasteiger partial charge in [-0.2, -0.15) is 13.2 Å². The van der Waals surface area contributed by atoms with Crippen LogP contribution in [0.5, 0.6) is 0 Å². The van der Waals surface area contributed by atoms with Crippen LogP contribution in [0.2, 0.25) is 0 Å². The fourth-order valence-electron chi connectivity index (χ4n) is 1.76. The Bertz CT molecular complexity index is 434. The molecule has 1 heterocycles. The normalized spacial score (nSPS) is 16.4. The van der Waals surface area contributed by atoms with Crippen molar-refractivity contribution < 1.29 is 17.6 Å². The van der Waals surface area contributed by atoms with E-state index in [9.17, 15) is 17.6 Å².